The van der Waals surface area contributed by atoms with Gasteiger partial charge < -0.3 is 0 Å². The van der Waals surface area contributed by atoms with Gasteiger partial charge in [-0.2, -0.15) is 0 Å². The second-order valence-corrected chi connectivity index (χ2v) is 6.90. The summed E-state index contributed by atoms with van der Waals surface area (Å²) in [5.74, 6) is 0. The predicted octanol–water partition coefficient (Wildman–Crippen LogP) is 3.87. The van der Waals surface area contributed by atoms with Crippen LogP contribution in [0.4, 0.5) is 0 Å². The van der Waals surface area contributed by atoms with Gasteiger partial charge in [0.25, 0.3) is 0 Å². The average molecular weight is 214 g/mol. The Bertz CT molecular complexity index is 231. The molecule has 0 amide bonds. The number of rotatable bonds is 3. The fourth-order valence-electron chi connectivity index (χ4n) is 1.71. The molecule has 0 unspecified atom stereocenters. The number of hydrogen-bond acceptors (Lipinski definition) is 0. The van der Waals surface area contributed by atoms with Crippen LogP contribution in [0.5, 0.6) is 0 Å². The summed E-state index contributed by atoms with van der Waals surface area (Å²) in [6.45, 7) is 2.33. The first-order valence-electron chi connectivity index (χ1n) is 4.74. The zero-order valence-corrected chi connectivity index (χ0v) is 9.04. The molecule has 2 aliphatic rings. The van der Waals surface area contributed by atoms with Crippen molar-refractivity contribution in [2.45, 2.75) is 21.9 Å². The van der Waals surface area contributed by atoms with Crippen LogP contribution >= 0.6 is 0 Å². The molecule has 0 aromatic rings. The summed E-state index contributed by atoms with van der Waals surface area (Å²) in [6, 6.07) is 0. The van der Waals surface area contributed by atoms with Crippen LogP contribution < -0.4 is 0 Å². The standard InChI is InChI=1S/2C5H5.C2H5.Mn/c2*1-2-4-5-3-1;1-2;/h2*1-5H;1H2,2H3;. The van der Waals surface area contributed by atoms with E-state index < -0.39 is 0 Å². The minimum atomic E-state index is -0.310. The molecule has 0 spiro atoms. The second kappa shape index (κ2) is 4.13. The van der Waals surface area contributed by atoms with Crippen molar-refractivity contribution >= 4 is 0 Å². The number of allylic oxidation sites excluding steroid dienone is 8. The summed E-state index contributed by atoms with van der Waals surface area (Å²) < 4.78 is 0. The fraction of sp³-hybridized carbons (Fsp3) is 0.333. The van der Waals surface area contributed by atoms with Crippen LogP contribution in [0.2, 0.25) is 15.0 Å². The van der Waals surface area contributed by atoms with Crippen molar-refractivity contribution in [2.24, 2.45) is 0 Å². The van der Waals surface area contributed by atoms with Gasteiger partial charge in [0.05, 0.1) is 0 Å². The molecule has 0 bridgehead atoms. The SMILES string of the molecule is C[CH2][Mn]([CH]1C=CC=C1)[CH]1C=CC=C1. The average Bonchev–Trinajstić information content (AvgIpc) is 2.76. The van der Waals surface area contributed by atoms with E-state index in [0.717, 1.165) is 9.63 Å². The van der Waals surface area contributed by atoms with Crippen LogP contribution in [0.1, 0.15) is 6.92 Å². The van der Waals surface area contributed by atoms with Crippen molar-refractivity contribution in [1.29, 1.82) is 0 Å². The van der Waals surface area contributed by atoms with E-state index in [4.69, 9.17) is 0 Å². The molecule has 2 rings (SSSR count). The van der Waals surface area contributed by atoms with E-state index >= 15 is 0 Å². The van der Waals surface area contributed by atoms with E-state index in [2.05, 4.69) is 55.5 Å². The molecular formula is C12H15Mn. The molecule has 0 radical (unpaired) electrons. The molecule has 0 aromatic heterocycles. The van der Waals surface area contributed by atoms with Gasteiger partial charge in [0.15, 0.2) is 0 Å². The molecule has 0 fully saturated rings. The maximum atomic E-state index is 2.36. The van der Waals surface area contributed by atoms with Crippen molar-refractivity contribution in [3.8, 4) is 0 Å². The minimum absolute atomic E-state index is 0.310. The van der Waals surface area contributed by atoms with E-state index in [1.807, 2.05) is 0 Å². The Hall–Kier alpha value is -0.521. The third-order valence-corrected chi connectivity index (χ3v) is 6.25. The Morgan fingerprint density at radius 3 is 1.54 bits per heavy atom. The molecule has 0 aliphatic heterocycles. The van der Waals surface area contributed by atoms with Crippen LogP contribution in [-0.2, 0) is 13.9 Å². The van der Waals surface area contributed by atoms with Crippen molar-refractivity contribution in [3.63, 3.8) is 0 Å². The van der Waals surface area contributed by atoms with E-state index in [-0.39, 0.29) is 13.9 Å². The van der Waals surface area contributed by atoms with E-state index in [1.165, 1.54) is 5.32 Å². The Balaban J connectivity index is 2.08. The van der Waals surface area contributed by atoms with Gasteiger partial charge in [0.1, 0.15) is 0 Å². The van der Waals surface area contributed by atoms with Gasteiger partial charge in [0.2, 0.25) is 0 Å². The Kier molecular flexibility index (Phi) is 2.87. The van der Waals surface area contributed by atoms with Gasteiger partial charge in [-0.3, -0.25) is 0 Å². The van der Waals surface area contributed by atoms with Crippen LogP contribution in [0.25, 0.3) is 0 Å². The van der Waals surface area contributed by atoms with Crippen LogP contribution in [-0.4, -0.2) is 0 Å². The van der Waals surface area contributed by atoms with Gasteiger partial charge >= 0.3 is 84.4 Å². The summed E-state index contributed by atoms with van der Waals surface area (Å²) >= 11 is -0.310. The predicted molar refractivity (Wildman–Crippen MR) is 54.5 cm³/mol. The van der Waals surface area contributed by atoms with Crippen LogP contribution in [0.3, 0.4) is 0 Å². The molecule has 0 atom stereocenters. The Morgan fingerprint density at radius 1 is 0.846 bits per heavy atom. The van der Waals surface area contributed by atoms with Gasteiger partial charge in [0, 0.05) is 0 Å². The van der Waals surface area contributed by atoms with Gasteiger partial charge in [-0.25, -0.2) is 0 Å². The first-order valence-corrected chi connectivity index (χ1v) is 6.94. The van der Waals surface area contributed by atoms with E-state index in [9.17, 15) is 0 Å². The number of hydrogen-bond donors (Lipinski definition) is 0. The van der Waals surface area contributed by atoms with Gasteiger partial charge in [-0.15, -0.1) is 0 Å². The normalized spacial score (nSPS) is 22.1. The molecule has 0 saturated carbocycles. The van der Waals surface area contributed by atoms with Gasteiger partial charge in [-0.1, -0.05) is 0 Å². The second-order valence-electron chi connectivity index (χ2n) is 3.13. The molecule has 70 valence electrons. The molecule has 2 aliphatic carbocycles. The zero-order valence-electron chi connectivity index (χ0n) is 7.86. The van der Waals surface area contributed by atoms with Crippen LogP contribution in [0, 0.1) is 0 Å². The maximum absolute atomic E-state index is 2.36. The molecule has 0 aromatic carbocycles. The molecule has 1 heteroatoms. The zero-order chi connectivity index (χ0) is 9.10. The van der Waals surface area contributed by atoms with Crippen molar-refractivity contribution in [1.82, 2.24) is 0 Å². The van der Waals surface area contributed by atoms with Crippen molar-refractivity contribution < 1.29 is 13.9 Å². The fourth-order valence-corrected chi connectivity index (χ4v) is 5.04. The Labute approximate surface area is 84.6 Å². The van der Waals surface area contributed by atoms with E-state index in [0.29, 0.717) is 0 Å². The van der Waals surface area contributed by atoms with Crippen molar-refractivity contribution in [2.75, 3.05) is 0 Å². The monoisotopic (exact) mass is 214 g/mol. The summed E-state index contributed by atoms with van der Waals surface area (Å²) in [6.07, 6.45) is 18.2. The van der Waals surface area contributed by atoms with Crippen LogP contribution in [0.15, 0.2) is 48.6 Å². The molecule has 13 heavy (non-hydrogen) atoms. The molecule has 0 N–H and O–H groups in total. The summed E-state index contributed by atoms with van der Waals surface area (Å²) in [5.41, 5.74) is 0. The summed E-state index contributed by atoms with van der Waals surface area (Å²) in [4.78, 5) is 1.52. The third kappa shape index (κ3) is 1.87. The third-order valence-electron chi connectivity index (χ3n) is 2.36. The quantitative estimate of drug-likeness (QED) is 0.625. The van der Waals surface area contributed by atoms with E-state index in [1.54, 1.807) is 0 Å². The molecule has 0 heterocycles. The molecular weight excluding hydrogens is 199 g/mol. The molecule has 0 saturated heterocycles. The topological polar surface area (TPSA) is 0 Å². The first-order chi connectivity index (χ1) is 6.42. The van der Waals surface area contributed by atoms with Gasteiger partial charge in [-0.05, 0) is 0 Å². The molecule has 0 nitrogen and oxygen atoms in total. The first kappa shape index (κ1) is 9.05. The van der Waals surface area contributed by atoms with Crippen molar-refractivity contribution in [3.05, 3.63) is 48.6 Å². The summed E-state index contributed by atoms with van der Waals surface area (Å²) in [7, 11) is 0. The Morgan fingerprint density at radius 2 is 1.23 bits per heavy atom. The summed E-state index contributed by atoms with van der Waals surface area (Å²) in [5, 5.41) is 1.35.